The molecular formula is C69H85N21O21P3-3. The lowest BCUT2D eigenvalue weighted by atomic mass is 10.1. The van der Waals surface area contributed by atoms with Gasteiger partial charge in [0.1, 0.15) is 96.7 Å². The monoisotopic (exact) mass is 1640 g/mol. The Hall–Kier alpha value is -9.17. The highest BCUT2D eigenvalue weighted by Crippen LogP contribution is 2.49. The largest absolute Gasteiger partial charge is 0.778 e. The molecule has 0 radical (unpaired) electrons. The van der Waals surface area contributed by atoms with Crippen molar-refractivity contribution in [3.8, 4) is 0 Å². The highest BCUT2D eigenvalue weighted by molar-refractivity contribution is 7.51. The predicted octanol–water partition coefficient (Wildman–Crippen LogP) is 2.84. The first-order valence-corrected chi connectivity index (χ1v) is 41.7. The standard InChI is InChI=1S/C24H30N7O7P.C23H30N7O7P.C22H28N7O7P/c1-2-26-24(32)30-21-18-22(28-13-27-21)31(14-29-18)23-20-19(16(36-23)12-35-39(33,34)11-10-25)37-17(38-20)9-8-15-6-4-3-5-7-15;1-2-25-23(31)29-20-17-21(27-12-26-20)30(13-28-17)22-19-18(15(35-22)11-34-38(32,33)9-8-24)36-16(37-19)10-14-6-4-3-5-7-14;1-2-24-22(30)28-18-15-19(26-11-25-18)29(12-27-15)20-17-16(14(34-20)10-33-37(31,32)9-8-23)35-21(36-17)13-6-4-3-5-7-13/h3-9,13-14,16-17,19-20,23H,2,10-12,25H2,1H3,(H,33,34)(H2,26,27,28,30,32);3-7,12-13,15-16,18-19,22H,2,8-11,24H2,1H3,(H,32,33)(H2,25,26,27,29,31);3-7,11-12,14,16-17,20-21H,2,8-10,23H2,1H3,(H,31,32)(H2,24,25,26,28,30)/p-3/b9-8+;;/t16-,17+,19?,20+,23-;15-,16?,18?,19+,22-;14-,16?,17+,20-,21-/m111/s1. The van der Waals surface area contributed by atoms with E-state index in [-0.39, 0.29) is 75.4 Å². The van der Waals surface area contributed by atoms with Crippen LogP contribution >= 0.6 is 22.8 Å². The van der Waals surface area contributed by atoms with Crippen LogP contribution in [0, 0.1) is 0 Å². The van der Waals surface area contributed by atoms with Gasteiger partial charge in [0.05, 0.1) is 38.8 Å². The molecule has 7 unspecified atom stereocenters. The molecule has 6 saturated heterocycles. The van der Waals surface area contributed by atoms with Crippen LogP contribution in [0.5, 0.6) is 0 Å². The highest BCUT2D eigenvalue weighted by atomic mass is 31.2. The molecule has 6 amide bonds. The minimum Gasteiger partial charge on any atom is -0.778 e. The number of urea groups is 3. The number of anilines is 3. The molecule has 0 saturated carbocycles. The second kappa shape index (κ2) is 37.6. The van der Waals surface area contributed by atoms with Gasteiger partial charge in [0, 0.05) is 69.7 Å². The van der Waals surface area contributed by atoms with E-state index < -0.39 is 133 Å². The van der Waals surface area contributed by atoms with Crippen molar-refractivity contribution in [3.05, 3.63) is 152 Å². The molecule has 0 aliphatic carbocycles. The number of nitrogens with two attached hydrogens (primary N) is 3. The van der Waals surface area contributed by atoms with Gasteiger partial charge < -0.3 is 118 Å². The normalized spacial score (nSPS) is 26.3. The van der Waals surface area contributed by atoms with E-state index >= 15 is 0 Å². The van der Waals surface area contributed by atoms with Gasteiger partial charge >= 0.3 is 18.1 Å². The van der Waals surface area contributed by atoms with Crippen LogP contribution in [0.25, 0.3) is 39.6 Å². The number of carbonyl (C=O) groups excluding carboxylic acids is 3. The molecule has 12 heterocycles. The Morgan fingerprint density at radius 1 is 0.456 bits per heavy atom. The molecule has 6 fully saturated rings. The van der Waals surface area contributed by atoms with E-state index in [1.807, 2.05) is 97.1 Å². The Bertz CT molecular complexity index is 4930. The van der Waals surface area contributed by atoms with Crippen LogP contribution in [0.4, 0.5) is 31.8 Å². The molecular weight excluding hydrogens is 1550 g/mol. The summed E-state index contributed by atoms with van der Waals surface area (Å²) < 4.78 is 113. The van der Waals surface area contributed by atoms with Gasteiger partial charge in [0.25, 0.3) is 0 Å². The molecule has 0 spiro atoms. The average Bonchev–Trinajstić information content (AvgIpc) is 1.60. The van der Waals surface area contributed by atoms with Gasteiger partial charge in [0.2, 0.25) is 0 Å². The van der Waals surface area contributed by atoms with Crippen LogP contribution < -0.4 is 63.8 Å². The molecule has 3 aromatic carbocycles. The van der Waals surface area contributed by atoms with Gasteiger partial charge in [-0.05, 0) is 38.0 Å². The number of ether oxygens (including phenoxy) is 9. The molecule has 18 atom stereocenters. The van der Waals surface area contributed by atoms with E-state index in [1.165, 1.54) is 38.0 Å². The third-order valence-corrected chi connectivity index (χ3v) is 22.3. The van der Waals surface area contributed by atoms with Crippen LogP contribution in [0.1, 0.15) is 62.4 Å². The fraction of sp³-hybridized carbons (Fsp3) is 0.449. The fourth-order valence-corrected chi connectivity index (χ4v) is 15.7. The summed E-state index contributed by atoms with van der Waals surface area (Å²) in [5.41, 5.74) is 21.2. The first kappa shape index (κ1) is 82.8. The number of aromatic nitrogens is 12. The number of rotatable bonds is 29. The van der Waals surface area contributed by atoms with Crippen LogP contribution in [-0.2, 0) is 76.3 Å². The molecule has 45 heteroatoms. The number of fused-ring (bicyclic) bond motifs is 6. The molecule has 15 rings (SSSR count). The first-order valence-electron chi connectivity index (χ1n) is 36.5. The number of nitrogens with one attached hydrogen (secondary N) is 6. The Morgan fingerprint density at radius 2 is 0.807 bits per heavy atom. The summed E-state index contributed by atoms with van der Waals surface area (Å²) in [4.78, 5) is 111. The van der Waals surface area contributed by atoms with Gasteiger partial charge in [-0.3, -0.25) is 29.7 Å². The molecule has 42 nitrogen and oxygen atoms in total. The first-order chi connectivity index (χ1) is 55.2. The van der Waals surface area contributed by atoms with E-state index in [2.05, 4.69) is 76.8 Å². The van der Waals surface area contributed by atoms with Crippen molar-refractivity contribution in [3.63, 3.8) is 0 Å². The molecule has 9 aromatic rings. The Labute approximate surface area is 650 Å². The van der Waals surface area contributed by atoms with Crippen molar-refractivity contribution in [2.24, 2.45) is 17.2 Å². The predicted molar refractivity (Wildman–Crippen MR) is 400 cm³/mol. The van der Waals surface area contributed by atoms with E-state index in [1.54, 1.807) is 40.5 Å². The van der Waals surface area contributed by atoms with Crippen LogP contribution in [-0.4, -0.2) is 222 Å². The number of benzene rings is 3. The van der Waals surface area contributed by atoms with Crippen molar-refractivity contribution in [2.45, 2.75) is 120 Å². The number of carbonyl (C=O) groups is 3. The van der Waals surface area contributed by atoms with E-state index in [0.29, 0.717) is 59.5 Å². The molecule has 6 aliphatic heterocycles. The summed E-state index contributed by atoms with van der Waals surface area (Å²) in [6, 6.07) is 27.5. The van der Waals surface area contributed by atoms with Gasteiger partial charge in [-0.1, -0.05) is 97.1 Å². The summed E-state index contributed by atoms with van der Waals surface area (Å²) in [7, 11) is -12.4. The van der Waals surface area contributed by atoms with Crippen LogP contribution in [0.2, 0.25) is 0 Å². The van der Waals surface area contributed by atoms with Crippen molar-refractivity contribution < 1.29 is 99.0 Å². The number of imidazole rings is 3. The SMILES string of the molecule is CCNC(=O)Nc1ncnc2c1ncn2[C@@H]1O[C@H](COP(=O)([O-])CCN)C2OC(Cc3ccccc3)O[C@@H]21.CCNC(=O)Nc1ncnc2c1ncn2[C@@H]1O[C@H](COP(=O)([O-])CCN)C2O[C@@H](c3ccccc3)O[C@@H]21.CCNC(=O)Nc1ncnc2c1ncn2[C@@H]1O[C@H](COP(=O)([O-])CCN)C2O[C@H](/C=C/c3ccccc3)O[C@@H]21. The highest BCUT2D eigenvalue weighted by Gasteiger charge is 2.57. The molecule has 12 N–H and O–H groups in total. The van der Waals surface area contributed by atoms with Gasteiger partial charge in [-0.2, -0.15) is 0 Å². The lowest BCUT2D eigenvalue weighted by molar-refractivity contribution is -0.205. The fourth-order valence-electron chi connectivity index (χ4n) is 13.2. The zero-order chi connectivity index (χ0) is 80.1. The maximum atomic E-state index is 12.2. The van der Waals surface area contributed by atoms with Crippen molar-refractivity contribution in [2.75, 3.05) is 93.5 Å². The summed E-state index contributed by atoms with van der Waals surface area (Å²) in [6.45, 7) is 5.76. The van der Waals surface area contributed by atoms with Crippen LogP contribution in [0.3, 0.4) is 0 Å². The Balaban J connectivity index is 0.000000149. The second-order valence-electron chi connectivity index (χ2n) is 26.1. The number of hydrogen-bond donors (Lipinski definition) is 9. The maximum absolute atomic E-state index is 12.2. The van der Waals surface area contributed by atoms with E-state index in [4.69, 9.17) is 73.4 Å². The molecule has 6 aromatic heterocycles. The van der Waals surface area contributed by atoms with Crippen molar-refractivity contribution in [1.29, 1.82) is 0 Å². The minimum absolute atomic E-state index is 0.0485. The van der Waals surface area contributed by atoms with Gasteiger partial charge in [-0.25, -0.2) is 59.2 Å². The quantitative estimate of drug-likeness (QED) is 0.0304. The minimum atomic E-state index is -4.15. The summed E-state index contributed by atoms with van der Waals surface area (Å²) in [5, 5.41) is 15.9. The lowest BCUT2D eigenvalue weighted by Crippen LogP contribution is -2.32. The molecule has 114 heavy (non-hydrogen) atoms. The lowest BCUT2D eigenvalue weighted by Gasteiger charge is -2.26. The number of nitrogens with zero attached hydrogens (tertiary/aromatic N) is 12. The average molecular weight is 1640 g/mol. The molecule has 610 valence electrons. The number of amides is 6. The third kappa shape index (κ3) is 19.8. The third-order valence-electron chi connectivity index (χ3n) is 18.3. The summed E-state index contributed by atoms with van der Waals surface area (Å²) in [5.74, 6) is 0.679. The second-order valence-corrected chi connectivity index (χ2v) is 31.9. The summed E-state index contributed by atoms with van der Waals surface area (Å²) in [6.07, 6.45) is 1.33. The van der Waals surface area contributed by atoms with Gasteiger partial charge in [0.15, 0.2) is 88.5 Å². The number of hydrogen-bond acceptors (Lipinski definition) is 33. The topological polar surface area (TPSA) is 563 Å². The van der Waals surface area contributed by atoms with Crippen LogP contribution in [0.15, 0.2) is 135 Å². The zero-order valence-corrected chi connectivity index (χ0v) is 64.3. The smallest absolute Gasteiger partial charge is 0.320 e. The zero-order valence-electron chi connectivity index (χ0n) is 61.6. The van der Waals surface area contributed by atoms with E-state index in [9.17, 15) is 42.8 Å². The van der Waals surface area contributed by atoms with E-state index in [0.717, 1.165) is 16.7 Å². The Kier molecular flexibility index (Phi) is 27.3. The molecule has 0 bridgehead atoms. The van der Waals surface area contributed by atoms with Gasteiger partial charge in [-0.15, -0.1) is 0 Å². The summed E-state index contributed by atoms with van der Waals surface area (Å²) >= 11 is 0. The van der Waals surface area contributed by atoms with Crippen molar-refractivity contribution >= 4 is 97.9 Å². The molecule has 6 aliphatic rings. The van der Waals surface area contributed by atoms with Crippen molar-refractivity contribution in [1.82, 2.24) is 74.5 Å². The maximum Gasteiger partial charge on any atom is 0.320 e. The Morgan fingerprint density at radius 3 is 1.22 bits per heavy atom.